The summed E-state index contributed by atoms with van der Waals surface area (Å²) in [6, 6.07) is 19.6. The van der Waals surface area contributed by atoms with Crippen molar-refractivity contribution in [2.24, 2.45) is 0 Å². The first-order valence-corrected chi connectivity index (χ1v) is 11.2. The average Bonchev–Trinajstić information content (AvgIpc) is 3.41. The smallest absolute Gasteiger partial charge is 0.259 e. The lowest BCUT2D eigenvalue weighted by Crippen LogP contribution is -2.14. The number of fused-ring (bicyclic) bond motifs is 1. The van der Waals surface area contributed by atoms with Crippen LogP contribution in [-0.4, -0.2) is 24.6 Å². The van der Waals surface area contributed by atoms with E-state index >= 15 is 0 Å². The number of benzene rings is 2. The van der Waals surface area contributed by atoms with Crippen LogP contribution in [0.25, 0.3) is 27.6 Å². The van der Waals surface area contributed by atoms with E-state index in [9.17, 15) is 4.79 Å². The van der Waals surface area contributed by atoms with Gasteiger partial charge in [0.2, 0.25) is 5.16 Å². The summed E-state index contributed by atoms with van der Waals surface area (Å²) in [5, 5.41) is 9.85. The van der Waals surface area contributed by atoms with Gasteiger partial charge in [0, 0.05) is 22.8 Å². The van der Waals surface area contributed by atoms with Crippen molar-refractivity contribution in [2.75, 3.05) is 0 Å². The number of thioether (sulfide) groups is 1. The Hall–Kier alpha value is -3.23. The zero-order valence-corrected chi connectivity index (χ0v) is 17.7. The molecule has 0 unspecified atom stereocenters. The van der Waals surface area contributed by atoms with Gasteiger partial charge in [-0.1, -0.05) is 71.9 Å². The van der Waals surface area contributed by atoms with Gasteiger partial charge in [-0.2, -0.15) is 0 Å². The third-order valence-corrected chi connectivity index (χ3v) is 6.37. The summed E-state index contributed by atoms with van der Waals surface area (Å²) in [5.41, 5.74) is 4.69. The summed E-state index contributed by atoms with van der Waals surface area (Å²) in [4.78, 5) is 22.7. The Balaban J connectivity index is 1.37. The van der Waals surface area contributed by atoms with E-state index in [0.29, 0.717) is 21.6 Å². The van der Waals surface area contributed by atoms with Gasteiger partial charge in [-0.15, -0.1) is 16.4 Å². The van der Waals surface area contributed by atoms with E-state index in [-0.39, 0.29) is 5.56 Å². The molecule has 0 amide bonds. The number of nitrogens with zero attached hydrogens (tertiary/aromatic N) is 4. The molecule has 0 fully saturated rings. The van der Waals surface area contributed by atoms with Crippen LogP contribution in [0.3, 0.4) is 0 Å². The largest absolute Gasteiger partial charge is 0.269 e. The van der Waals surface area contributed by atoms with Crippen LogP contribution in [0, 0.1) is 6.92 Å². The minimum atomic E-state index is -0.0777. The highest BCUT2D eigenvalue weighted by Gasteiger charge is 2.12. The fourth-order valence-corrected chi connectivity index (χ4v) is 4.75. The molecule has 0 saturated carbocycles. The maximum atomic E-state index is 12.8. The molecule has 1 N–H and O–H groups in total. The Kier molecular flexibility index (Phi) is 4.94. The van der Waals surface area contributed by atoms with Crippen LogP contribution in [0.2, 0.25) is 0 Å². The Morgan fingerprint density at radius 3 is 2.63 bits per heavy atom. The van der Waals surface area contributed by atoms with Crippen molar-refractivity contribution in [1.29, 1.82) is 0 Å². The van der Waals surface area contributed by atoms with Crippen molar-refractivity contribution in [3.8, 4) is 22.6 Å². The van der Waals surface area contributed by atoms with Crippen LogP contribution in [0.5, 0.6) is 0 Å². The molecular formula is C22H17N5OS2. The lowest BCUT2D eigenvalue weighted by Gasteiger charge is -2.03. The minimum absolute atomic E-state index is 0.0777. The molecule has 6 nitrogen and oxygen atoms in total. The van der Waals surface area contributed by atoms with Crippen LogP contribution in [0.4, 0.5) is 0 Å². The average molecular weight is 432 g/mol. The molecule has 148 valence electrons. The SMILES string of the molecule is Cc1ccc(-c2nc(SCc3cc(=O)n4c(-c5ccccc5)csc4n3)n[nH]2)cc1. The molecule has 0 aliphatic rings. The Bertz CT molecular complexity index is 1370. The highest BCUT2D eigenvalue weighted by atomic mass is 32.2. The molecular weight excluding hydrogens is 414 g/mol. The summed E-state index contributed by atoms with van der Waals surface area (Å²) < 4.78 is 1.66. The second kappa shape index (κ2) is 7.89. The zero-order valence-electron chi connectivity index (χ0n) is 16.1. The third-order valence-electron chi connectivity index (χ3n) is 4.67. The lowest BCUT2D eigenvalue weighted by molar-refractivity contribution is 0.970. The molecule has 0 bridgehead atoms. The van der Waals surface area contributed by atoms with Crippen LogP contribution in [-0.2, 0) is 5.75 Å². The minimum Gasteiger partial charge on any atom is -0.269 e. The number of rotatable bonds is 5. The maximum Gasteiger partial charge on any atom is 0.259 e. The summed E-state index contributed by atoms with van der Waals surface area (Å²) in [5.74, 6) is 1.25. The highest BCUT2D eigenvalue weighted by Crippen LogP contribution is 2.25. The topological polar surface area (TPSA) is 75.9 Å². The molecule has 2 aromatic carbocycles. The van der Waals surface area contributed by atoms with Crippen molar-refractivity contribution in [1.82, 2.24) is 24.6 Å². The second-order valence-electron chi connectivity index (χ2n) is 6.81. The van der Waals surface area contributed by atoms with E-state index < -0.39 is 0 Å². The van der Waals surface area contributed by atoms with Gasteiger partial charge in [0.15, 0.2) is 10.8 Å². The Morgan fingerprint density at radius 1 is 1.03 bits per heavy atom. The van der Waals surface area contributed by atoms with Crippen molar-refractivity contribution in [3.63, 3.8) is 0 Å². The normalized spacial score (nSPS) is 11.2. The summed E-state index contributed by atoms with van der Waals surface area (Å²) in [6.07, 6.45) is 0. The molecule has 5 aromatic rings. The lowest BCUT2D eigenvalue weighted by atomic mass is 10.1. The fourth-order valence-electron chi connectivity index (χ4n) is 3.14. The van der Waals surface area contributed by atoms with Gasteiger partial charge < -0.3 is 0 Å². The molecule has 0 radical (unpaired) electrons. The monoisotopic (exact) mass is 431 g/mol. The van der Waals surface area contributed by atoms with Gasteiger partial charge in [0.1, 0.15) is 0 Å². The molecule has 0 aliphatic carbocycles. The molecule has 8 heteroatoms. The Labute approximate surface area is 180 Å². The van der Waals surface area contributed by atoms with Crippen molar-refractivity contribution in [3.05, 3.63) is 87.7 Å². The molecule has 0 atom stereocenters. The van der Waals surface area contributed by atoms with Gasteiger partial charge in [-0.25, -0.2) is 9.97 Å². The van der Waals surface area contributed by atoms with Crippen LogP contribution >= 0.6 is 23.1 Å². The van der Waals surface area contributed by atoms with E-state index in [1.54, 1.807) is 10.5 Å². The zero-order chi connectivity index (χ0) is 20.5. The quantitative estimate of drug-likeness (QED) is 0.404. The molecule has 3 heterocycles. The van der Waals surface area contributed by atoms with Crippen LogP contribution in [0.15, 0.2) is 76.0 Å². The molecule has 30 heavy (non-hydrogen) atoms. The van der Waals surface area contributed by atoms with Crippen LogP contribution in [0.1, 0.15) is 11.3 Å². The molecule has 3 aromatic heterocycles. The number of hydrogen-bond donors (Lipinski definition) is 1. The predicted molar refractivity (Wildman–Crippen MR) is 121 cm³/mol. The molecule has 0 saturated heterocycles. The first kappa shape index (κ1) is 18.8. The van der Waals surface area contributed by atoms with E-state index in [2.05, 4.69) is 20.2 Å². The number of hydrogen-bond acceptors (Lipinski definition) is 6. The van der Waals surface area contributed by atoms with Gasteiger partial charge in [0.25, 0.3) is 5.56 Å². The fraction of sp³-hybridized carbons (Fsp3) is 0.0909. The standard InChI is InChI=1S/C22H17N5OS2/c1-14-7-9-16(10-8-14)20-24-21(26-25-20)29-12-17-11-19(28)27-18(13-30-22(27)23-17)15-5-3-2-4-6-15/h2-11,13H,12H2,1H3,(H,24,25,26). The van der Waals surface area contributed by atoms with Gasteiger partial charge in [-0.3, -0.25) is 14.3 Å². The number of H-pyrrole nitrogens is 1. The third kappa shape index (κ3) is 3.67. The molecule has 0 aliphatic heterocycles. The first-order chi connectivity index (χ1) is 14.7. The highest BCUT2D eigenvalue weighted by molar-refractivity contribution is 7.98. The second-order valence-corrected chi connectivity index (χ2v) is 8.59. The predicted octanol–water partition coefficient (Wildman–Crippen LogP) is 4.81. The van der Waals surface area contributed by atoms with Gasteiger partial charge in [-0.05, 0) is 12.5 Å². The number of aryl methyl sites for hydroxylation is 1. The molecule has 5 rings (SSSR count). The van der Waals surface area contributed by atoms with E-state index in [4.69, 9.17) is 0 Å². The van der Waals surface area contributed by atoms with Crippen LogP contribution < -0.4 is 5.56 Å². The van der Waals surface area contributed by atoms with Gasteiger partial charge >= 0.3 is 0 Å². The van der Waals surface area contributed by atoms with Gasteiger partial charge in [0.05, 0.1) is 11.4 Å². The van der Waals surface area contributed by atoms with Crippen molar-refractivity contribution < 1.29 is 0 Å². The first-order valence-electron chi connectivity index (χ1n) is 9.35. The summed E-state index contributed by atoms with van der Waals surface area (Å²) in [7, 11) is 0. The summed E-state index contributed by atoms with van der Waals surface area (Å²) in [6.45, 7) is 2.05. The van der Waals surface area contributed by atoms with E-state index in [0.717, 1.165) is 22.6 Å². The molecule has 0 spiro atoms. The maximum absolute atomic E-state index is 12.8. The summed E-state index contributed by atoms with van der Waals surface area (Å²) >= 11 is 2.92. The number of aromatic amines is 1. The number of thiazole rings is 1. The Morgan fingerprint density at radius 2 is 1.83 bits per heavy atom. The van der Waals surface area contributed by atoms with Crippen molar-refractivity contribution >= 4 is 28.1 Å². The van der Waals surface area contributed by atoms with Crippen molar-refractivity contribution in [2.45, 2.75) is 17.8 Å². The number of aromatic nitrogens is 5. The van der Waals surface area contributed by atoms with E-state index in [1.807, 2.05) is 66.9 Å². The number of nitrogens with one attached hydrogen (secondary N) is 1. The van der Waals surface area contributed by atoms with E-state index in [1.165, 1.54) is 28.7 Å².